The summed E-state index contributed by atoms with van der Waals surface area (Å²) in [5.74, 6) is 0.0376. The fourth-order valence-corrected chi connectivity index (χ4v) is 3.13. The van der Waals surface area contributed by atoms with Gasteiger partial charge in [0.25, 0.3) is 5.56 Å². The molecule has 140 valence electrons. The normalized spacial score (nSPS) is 13.3. The number of amidine groups is 1. The number of para-hydroxylation sites is 1. The van der Waals surface area contributed by atoms with Crippen LogP contribution in [0.15, 0.2) is 76.0 Å². The molecular weight excluding hydrogens is 352 g/mol. The van der Waals surface area contributed by atoms with Crippen LogP contribution in [-0.4, -0.2) is 15.5 Å². The van der Waals surface area contributed by atoms with E-state index in [-0.39, 0.29) is 28.1 Å². The van der Waals surface area contributed by atoms with Crippen LogP contribution in [0.1, 0.15) is 25.6 Å². The number of nitrogens with two attached hydrogens (primary N) is 1. The van der Waals surface area contributed by atoms with Crippen molar-refractivity contribution in [1.82, 2.24) is 4.57 Å². The number of allylic oxidation sites excluding steroid dienone is 1. The van der Waals surface area contributed by atoms with Gasteiger partial charge in [-0.05, 0) is 43.5 Å². The van der Waals surface area contributed by atoms with Crippen LogP contribution in [0.4, 0.5) is 0 Å². The highest BCUT2D eigenvalue weighted by Crippen LogP contribution is 2.27. The second kappa shape index (κ2) is 7.80. The Morgan fingerprint density at radius 1 is 1.25 bits per heavy atom. The topological polar surface area (TPSA) is 104 Å². The maximum atomic E-state index is 13.3. The molecule has 0 fully saturated rings. The van der Waals surface area contributed by atoms with E-state index in [1.807, 2.05) is 42.5 Å². The minimum Gasteiger partial charge on any atom is -0.507 e. The average molecular weight is 372 g/mol. The van der Waals surface area contributed by atoms with Gasteiger partial charge >= 0.3 is 0 Å². The van der Waals surface area contributed by atoms with E-state index in [1.165, 1.54) is 10.6 Å². The molecule has 1 atom stereocenters. The first kappa shape index (κ1) is 18.9. The molecule has 0 saturated heterocycles. The highest BCUT2D eigenvalue weighted by atomic mass is 16.3. The summed E-state index contributed by atoms with van der Waals surface area (Å²) in [5.41, 5.74) is 7.16. The van der Waals surface area contributed by atoms with Gasteiger partial charge in [-0.3, -0.25) is 14.4 Å². The Hall–Kier alpha value is -3.85. The Morgan fingerprint density at radius 2 is 1.96 bits per heavy atom. The number of hydrogen-bond acceptors (Lipinski definition) is 4. The molecule has 1 heterocycles. The van der Waals surface area contributed by atoms with Crippen LogP contribution in [0.3, 0.4) is 0 Å². The maximum Gasteiger partial charge on any atom is 0.267 e. The van der Waals surface area contributed by atoms with Gasteiger partial charge in [-0.2, -0.15) is 5.26 Å². The SMILES string of the molecule is C/C=C(/C#N)C(N)=NC(C)c1cc2cccc(O)c2c(=O)n1-c1ccccc1. The lowest BCUT2D eigenvalue weighted by molar-refractivity contribution is 0.481. The number of phenolic OH excluding ortho intramolecular Hbond substituents is 1. The molecule has 3 aromatic rings. The van der Waals surface area contributed by atoms with Crippen LogP contribution < -0.4 is 11.3 Å². The van der Waals surface area contributed by atoms with E-state index in [0.717, 1.165) is 0 Å². The fraction of sp³-hybridized carbons (Fsp3) is 0.136. The second-order valence-corrected chi connectivity index (χ2v) is 6.29. The number of hydrogen-bond donors (Lipinski definition) is 2. The predicted molar refractivity (Wildman–Crippen MR) is 111 cm³/mol. The lowest BCUT2D eigenvalue weighted by atomic mass is 10.1. The van der Waals surface area contributed by atoms with Gasteiger partial charge in [-0.1, -0.05) is 36.4 Å². The molecule has 2 aromatic carbocycles. The van der Waals surface area contributed by atoms with Crippen molar-refractivity contribution >= 4 is 16.6 Å². The van der Waals surface area contributed by atoms with Crippen molar-refractivity contribution in [3.63, 3.8) is 0 Å². The van der Waals surface area contributed by atoms with Gasteiger partial charge in [-0.15, -0.1) is 0 Å². The third kappa shape index (κ3) is 3.38. The largest absolute Gasteiger partial charge is 0.507 e. The predicted octanol–water partition coefficient (Wildman–Crippen LogP) is 3.58. The number of nitrogens with zero attached hydrogens (tertiary/aromatic N) is 3. The van der Waals surface area contributed by atoms with Gasteiger partial charge in [0, 0.05) is 5.69 Å². The number of aromatic nitrogens is 1. The van der Waals surface area contributed by atoms with Crippen LogP contribution >= 0.6 is 0 Å². The minimum absolute atomic E-state index is 0.0740. The quantitative estimate of drug-likeness (QED) is 0.415. The molecule has 0 radical (unpaired) electrons. The standard InChI is InChI=1S/C22H20N4O2/c1-3-15(13-23)21(24)25-14(2)18-12-16-8-7-11-19(27)20(16)22(28)26(18)17-9-5-4-6-10-17/h3-12,14,27H,1-2H3,(H2,24,25)/b15-3-. The number of fused-ring (bicyclic) bond motifs is 1. The summed E-state index contributed by atoms with van der Waals surface area (Å²) in [5, 5.41) is 20.2. The molecular formula is C22H20N4O2. The molecule has 1 aromatic heterocycles. The van der Waals surface area contributed by atoms with E-state index in [0.29, 0.717) is 16.8 Å². The van der Waals surface area contributed by atoms with Gasteiger partial charge in [0.2, 0.25) is 0 Å². The van der Waals surface area contributed by atoms with E-state index < -0.39 is 6.04 Å². The lowest BCUT2D eigenvalue weighted by Gasteiger charge is -2.18. The number of phenols is 1. The van der Waals surface area contributed by atoms with Gasteiger partial charge in [0.15, 0.2) is 0 Å². The van der Waals surface area contributed by atoms with E-state index in [4.69, 9.17) is 11.0 Å². The van der Waals surface area contributed by atoms with Crippen LogP contribution in [0, 0.1) is 11.3 Å². The first-order valence-corrected chi connectivity index (χ1v) is 8.81. The summed E-state index contributed by atoms with van der Waals surface area (Å²) < 4.78 is 1.52. The van der Waals surface area contributed by atoms with Crippen molar-refractivity contribution in [2.45, 2.75) is 19.9 Å². The average Bonchev–Trinajstić information content (AvgIpc) is 2.69. The highest BCUT2D eigenvalue weighted by molar-refractivity contribution is 6.00. The summed E-state index contributed by atoms with van der Waals surface area (Å²) in [6.07, 6.45) is 1.59. The van der Waals surface area contributed by atoms with Crippen molar-refractivity contribution in [1.29, 1.82) is 5.26 Å². The van der Waals surface area contributed by atoms with Crippen LogP contribution in [0.2, 0.25) is 0 Å². The number of nitriles is 1. The third-order valence-corrected chi connectivity index (χ3v) is 4.51. The molecule has 3 N–H and O–H groups in total. The molecule has 1 unspecified atom stereocenters. The van der Waals surface area contributed by atoms with E-state index in [9.17, 15) is 9.90 Å². The summed E-state index contributed by atoms with van der Waals surface area (Å²) in [4.78, 5) is 17.7. The van der Waals surface area contributed by atoms with Crippen LogP contribution in [0.25, 0.3) is 16.5 Å². The molecule has 0 aliphatic rings. The van der Waals surface area contributed by atoms with E-state index >= 15 is 0 Å². The summed E-state index contributed by atoms with van der Waals surface area (Å²) in [6, 6.07) is 17.4. The molecule has 28 heavy (non-hydrogen) atoms. The Bertz CT molecular complexity index is 1180. The smallest absolute Gasteiger partial charge is 0.267 e. The number of rotatable bonds is 4. The second-order valence-electron chi connectivity index (χ2n) is 6.29. The molecule has 3 rings (SSSR count). The van der Waals surface area contributed by atoms with Gasteiger partial charge in [0.1, 0.15) is 17.7 Å². The first-order valence-electron chi connectivity index (χ1n) is 8.81. The van der Waals surface area contributed by atoms with Gasteiger partial charge in [-0.25, -0.2) is 0 Å². The van der Waals surface area contributed by atoms with Crippen molar-refractivity contribution in [3.05, 3.63) is 82.3 Å². The molecule has 0 saturated carbocycles. The van der Waals surface area contributed by atoms with Crippen molar-refractivity contribution in [3.8, 4) is 17.5 Å². The molecule has 0 amide bonds. The summed E-state index contributed by atoms with van der Waals surface area (Å²) in [6.45, 7) is 3.52. The van der Waals surface area contributed by atoms with Crippen LogP contribution in [0.5, 0.6) is 5.75 Å². The van der Waals surface area contributed by atoms with Gasteiger partial charge in [0.05, 0.1) is 22.7 Å². The zero-order valence-corrected chi connectivity index (χ0v) is 15.6. The number of aromatic hydroxyl groups is 1. The van der Waals surface area contributed by atoms with Crippen molar-refractivity contribution < 1.29 is 5.11 Å². The molecule has 6 nitrogen and oxygen atoms in total. The van der Waals surface area contributed by atoms with Crippen LogP contribution in [-0.2, 0) is 0 Å². The summed E-state index contributed by atoms with van der Waals surface area (Å²) >= 11 is 0. The fourth-order valence-electron chi connectivity index (χ4n) is 3.13. The van der Waals surface area contributed by atoms with Crippen molar-refractivity contribution in [2.24, 2.45) is 10.7 Å². The lowest BCUT2D eigenvalue weighted by Crippen LogP contribution is -2.24. The summed E-state index contributed by atoms with van der Waals surface area (Å²) in [7, 11) is 0. The van der Waals surface area contributed by atoms with E-state index in [2.05, 4.69) is 4.99 Å². The monoisotopic (exact) mass is 372 g/mol. The number of aliphatic imine (C=N–C) groups is 1. The van der Waals surface area contributed by atoms with E-state index in [1.54, 1.807) is 32.1 Å². The third-order valence-electron chi connectivity index (χ3n) is 4.51. The minimum atomic E-state index is -0.497. The Labute approximate surface area is 162 Å². The highest BCUT2D eigenvalue weighted by Gasteiger charge is 2.18. The molecule has 0 aliphatic heterocycles. The molecule has 0 aliphatic carbocycles. The molecule has 6 heteroatoms. The number of pyridine rings is 1. The maximum absolute atomic E-state index is 13.3. The van der Waals surface area contributed by atoms with Gasteiger partial charge < -0.3 is 10.8 Å². The molecule has 0 bridgehead atoms. The Balaban J connectivity index is 2.32. The van der Waals surface area contributed by atoms with Crippen molar-refractivity contribution in [2.75, 3.05) is 0 Å². The number of benzene rings is 2. The Morgan fingerprint density at radius 3 is 2.61 bits per heavy atom. The molecule has 0 spiro atoms. The zero-order chi connectivity index (χ0) is 20.3. The zero-order valence-electron chi connectivity index (χ0n) is 15.6. The Kier molecular flexibility index (Phi) is 5.28. The first-order chi connectivity index (χ1) is 13.5.